The second-order valence-electron chi connectivity index (χ2n) is 5.65. The van der Waals surface area contributed by atoms with E-state index in [0.29, 0.717) is 18.0 Å². The smallest absolute Gasteiger partial charge is 0.341 e. The number of nitrogens with two attached hydrogens (primary N) is 1. The van der Waals surface area contributed by atoms with Gasteiger partial charge in [0, 0.05) is 0 Å². The molecule has 3 N–H and O–H groups in total. The molecule has 0 aromatic heterocycles. The zero-order valence-corrected chi connectivity index (χ0v) is 16.0. The van der Waals surface area contributed by atoms with Crippen molar-refractivity contribution < 1.29 is 31.9 Å². The van der Waals surface area contributed by atoms with Crippen molar-refractivity contribution in [1.82, 2.24) is 0 Å². The highest BCUT2D eigenvalue weighted by Crippen LogP contribution is 2.24. The molecule has 10 heteroatoms. The molecule has 1 amide bonds. The third-order valence-electron chi connectivity index (χ3n) is 3.58. The zero-order valence-electron chi connectivity index (χ0n) is 15.1. The van der Waals surface area contributed by atoms with E-state index >= 15 is 0 Å². The average molecular weight is 410 g/mol. The van der Waals surface area contributed by atoms with Crippen molar-refractivity contribution in [2.24, 2.45) is 5.14 Å². The normalized spacial score (nSPS) is 12.1. The molecule has 0 aliphatic rings. The number of halogens is 1. The van der Waals surface area contributed by atoms with E-state index in [-0.39, 0.29) is 0 Å². The van der Waals surface area contributed by atoms with Crippen LogP contribution in [0.3, 0.4) is 0 Å². The van der Waals surface area contributed by atoms with Crippen LogP contribution in [-0.4, -0.2) is 33.0 Å². The molecule has 2 aromatic rings. The summed E-state index contributed by atoms with van der Waals surface area (Å²) in [6.07, 6.45) is -1.29. The Kier molecular flexibility index (Phi) is 6.71. The van der Waals surface area contributed by atoms with Crippen molar-refractivity contribution in [3.05, 3.63) is 53.8 Å². The molecule has 150 valence electrons. The number of primary sulfonamides is 1. The molecule has 0 bridgehead atoms. The van der Waals surface area contributed by atoms with Gasteiger partial charge in [0.05, 0.1) is 22.8 Å². The molecular formula is C18H19FN2O6S. The van der Waals surface area contributed by atoms with E-state index in [4.69, 9.17) is 14.6 Å². The molecule has 0 spiro atoms. The highest BCUT2D eigenvalue weighted by Gasteiger charge is 2.23. The fourth-order valence-electron chi connectivity index (χ4n) is 2.20. The van der Waals surface area contributed by atoms with Crippen LogP contribution in [0.4, 0.5) is 10.1 Å². The predicted octanol–water partition coefficient (Wildman–Crippen LogP) is 2.06. The SMILES string of the molecule is CCOc1ccccc1NC(=O)[C@@H](C)OC(=O)c1cc(S(N)(=O)=O)ccc1F. The van der Waals surface area contributed by atoms with Crippen LogP contribution < -0.4 is 15.2 Å². The molecule has 0 saturated heterocycles. The van der Waals surface area contributed by atoms with Gasteiger partial charge in [-0.2, -0.15) is 0 Å². The van der Waals surface area contributed by atoms with Crippen LogP contribution >= 0.6 is 0 Å². The molecule has 28 heavy (non-hydrogen) atoms. The molecule has 8 nitrogen and oxygen atoms in total. The van der Waals surface area contributed by atoms with Gasteiger partial charge < -0.3 is 14.8 Å². The third-order valence-corrected chi connectivity index (χ3v) is 4.50. The van der Waals surface area contributed by atoms with E-state index in [1.54, 1.807) is 31.2 Å². The first-order valence-electron chi connectivity index (χ1n) is 8.19. The van der Waals surface area contributed by atoms with E-state index in [1.807, 2.05) is 0 Å². The molecule has 2 aromatic carbocycles. The Balaban J connectivity index is 2.13. The standard InChI is InChI=1S/C18H19FN2O6S/c1-3-26-16-7-5-4-6-15(16)21-17(22)11(2)27-18(23)13-10-12(28(20,24)25)8-9-14(13)19/h4-11H,3H2,1-2H3,(H,21,22)(H2,20,24,25)/t11-/m1/s1. The van der Waals surface area contributed by atoms with E-state index in [1.165, 1.54) is 6.92 Å². The van der Waals surface area contributed by atoms with Gasteiger partial charge in [-0.15, -0.1) is 0 Å². The average Bonchev–Trinajstić information content (AvgIpc) is 2.62. The Hall–Kier alpha value is -2.98. The number of rotatable bonds is 7. The summed E-state index contributed by atoms with van der Waals surface area (Å²) in [6, 6.07) is 9.12. The largest absolute Gasteiger partial charge is 0.492 e. The number of carbonyl (C=O) groups is 2. The minimum absolute atomic E-state index is 0.375. The number of anilines is 1. The number of hydrogen-bond donors (Lipinski definition) is 2. The highest BCUT2D eigenvalue weighted by molar-refractivity contribution is 7.89. The Morgan fingerprint density at radius 1 is 1.21 bits per heavy atom. The minimum Gasteiger partial charge on any atom is -0.492 e. The second-order valence-corrected chi connectivity index (χ2v) is 7.21. The maximum absolute atomic E-state index is 13.9. The summed E-state index contributed by atoms with van der Waals surface area (Å²) >= 11 is 0. The monoisotopic (exact) mass is 410 g/mol. The molecule has 0 aliphatic heterocycles. The maximum Gasteiger partial charge on any atom is 0.341 e. The molecule has 0 saturated carbocycles. The van der Waals surface area contributed by atoms with Crippen LogP contribution in [0.25, 0.3) is 0 Å². The van der Waals surface area contributed by atoms with Gasteiger partial charge in [0.25, 0.3) is 5.91 Å². The van der Waals surface area contributed by atoms with Gasteiger partial charge in [0.1, 0.15) is 11.6 Å². The first-order chi connectivity index (χ1) is 13.1. The first kappa shape index (κ1) is 21.3. The lowest BCUT2D eigenvalue weighted by molar-refractivity contribution is -0.123. The topological polar surface area (TPSA) is 125 Å². The van der Waals surface area contributed by atoms with Crippen molar-refractivity contribution >= 4 is 27.6 Å². The number of ether oxygens (including phenoxy) is 2. The third kappa shape index (κ3) is 5.27. The van der Waals surface area contributed by atoms with Crippen molar-refractivity contribution in [1.29, 1.82) is 0 Å². The summed E-state index contributed by atoms with van der Waals surface area (Å²) < 4.78 is 47.0. The fraction of sp³-hybridized carbons (Fsp3) is 0.222. The quantitative estimate of drug-likeness (QED) is 0.673. The van der Waals surface area contributed by atoms with Crippen molar-refractivity contribution in [3.63, 3.8) is 0 Å². The lowest BCUT2D eigenvalue weighted by atomic mass is 10.2. The number of hydrogen-bond acceptors (Lipinski definition) is 6. The van der Waals surface area contributed by atoms with Crippen LogP contribution in [-0.2, 0) is 19.6 Å². The van der Waals surface area contributed by atoms with Crippen molar-refractivity contribution in [2.75, 3.05) is 11.9 Å². The number of sulfonamides is 1. The molecule has 0 heterocycles. The summed E-state index contributed by atoms with van der Waals surface area (Å²) in [7, 11) is -4.14. The summed E-state index contributed by atoms with van der Waals surface area (Å²) in [6.45, 7) is 3.46. The summed E-state index contributed by atoms with van der Waals surface area (Å²) in [5, 5.41) is 7.52. The Morgan fingerprint density at radius 2 is 1.89 bits per heavy atom. The van der Waals surface area contributed by atoms with E-state index < -0.39 is 44.3 Å². The molecular weight excluding hydrogens is 391 g/mol. The number of esters is 1. The number of para-hydroxylation sites is 2. The van der Waals surface area contributed by atoms with Crippen LogP contribution in [0.1, 0.15) is 24.2 Å². The van der Waals surface area contributed by atoms with Gasteiger partial charge in [-0.1, -0.05) is 12.1 Å². The van der Waals surface area contributed by atoms with Gasteiger partial charge in [-0.3, -0.25) is 4.79 Å². The first-order valence-corrected chi connectivity index (χ1v) is 9.74. The number of amides is 1. The van der Waals surface area contributed by atoms with E-state index in [2.05, 4.69) is 5.32 Å². The van der Waals surface area contributed by atoms with Crippen LogP contribution in [0.15, 0.2) is 47.4 Å². The summed E-state index contributed by atoms with van der Waals surface area (Å²) in [5.41, 5.74) is -0.277. The number of carbonyl (C=O) groups excluding carboxylic acids is 2. The van der Waals surface area contributed by atoms with E-state index in [9.17, 15) is 22.4 Å². The lowest BCUT2D eigenvalue weighted by Crippen LogP contribution is -2.30. The van der Waals surface area contributed by atoms with E-state index in [0.717, 1.165) is 18.2 Å². The molecule has 1 atom stereocenters. The Labute approximate surface area is 161 Å². The van der Waals surface area contributed by atoms with Crippen LogP contribution in [0.5, 0.6) is 5.75 Å². The maximum atomic E-state index is 13.9. The van der Waals surface area contributed by atoms with Gasteiger partial charge >= 0.3 is 5.97 Å². The Bertz CT molecular complexity index is 993. The van der Waals surface area contributed by atoms with Crippen LogP contribution in [0.2, 0.25) is 0 Å². The zero-order chi connectivity index (χ0) is 20.9. The van der Waals surface area contributed by atoms with Gasteiger partial charge in [0.2, 0.25) is 10.0 Å². The molecule has 0 unspecified atom stereocenters. The summed E-state index contributed by atoms with van der Waals surface area (Å²) in [4.78, 5) is 24.0. The number of benzene rings is 2. The minimum atomic E-state index is -4.14. The number of nitrogens with one attached hydrogen (secondary N) is 1. The van der Waals surface area contributed by atoms with Crippen LogP contribution in [0, 0.1) is 5.82 Å². The molecule has 0 fully saturated rings. The molecule has 0 radical (unpaired) electrons. The predicted molar refractivity (Wildman–Crippen MR) is 98.9 cm³/mol. The molecule has 0 aliphatic carbocycles. The second kappa shape index (κ2) is 8.81. The van der Waals surface area contributed by atoms with Gasteiger partial charge in [-0.25, -0.2) is 22.7 Å². The fourth-order valence-corrected chi connectivity index (χ4v) is 2.74. The van der Waals surface area contributed by atoms with Gasteiger partial charge in [0.15, 0.2) is 6.10 Å². The summed E-state index contributed by atoms with van der Waals surface area (Å²) in [5.74, 6) is -2.46. The highest BCUT2D eigenvalue weighted by atomic mass is 32.2. The van der Waals surface area contributed by atoms with Crippen molar-refractivity contribution in [3.8, 4) is 5.75 Å². The lowest BCUT2D eigenvalue weighted by Gasteiger charge is -2.16. The van der Waals surface area contributed by atoms with Gasteiger partial charge in [-0.05, 0) is 44.2 Å². The van der Waals surface area contributed by atoms with Crippen molar-refractivity contribution in [2.45, 2.75) is 24.8 Å². The Morgan fingerprint density at radius 3 is 2.54 bits per heavy atom. The molecule has 2 rings (SSSR count).